The van der Waals surface area contributed by atoms with Gasteiger partial charge in [0.05, 0.1) is 47.3 Å². The number of carbonyl (C=O) groups excluding carboxylic acids is 1. The highest BCUT2D eigenvalue weighted by Crippen LogP contribution is 2.46. The molecule has 1 fully saturated rings. The van der Waals surface area contributed by atoms with E-state index in [1.54, 1.807) is 22.6 Å². The first kappa shape index (κ1) is 40.8. The summed E-state index contributed by atoms with van der Waals surface area (Å²) >= 11 is 13.6. The Morgan fingerprint density at radius 3 is 2.31 bits per heavy atom. The normalized spacial score (nSPS) is 16.1. The van der Waals surface area contributed by atoms with Crippen molar-refractivity contribution in [2.45, 2.75) is 53.5 Å². The van der Waals surface area contributed by atoms with Gasteiger partial charge < -0.3 is 33.4 Å². The quantitative estimate of drug-likeness (QED) is 0.122. The Balaban J connectivity index is 1.24. The molecule has 0 bridgehead atoms. The van der Waals surface area contributed by atoms with Crippen molar-refractivity contribution < 1.29 is 28.9 Å². The highest BCUT2D eigenvalue weighted by molar-refractivity contribution is 6.35. The minimum atomic E-state index is -1.05. The largest absolute Gasteiger partial charge is 0.494 e. The summed E-state index contributed by atoms with van der Waals surface area (Å²) in [5.41, 5.74) is 9.23. The lowest BCUT2D eigenvalue weighted by molar-refractivity contribution is 0.0322. The Morgan fingerprint density at radius 2 is 1.63 bits per heavy atom. The number of amides is 1. The van der Waals surface area contributed by atoms with Gasteiger partial charge in [-0.2, -0.15) is 5.10 Å². The van der Waals surface area contributed by atoms with E-state index in [9.17, 15) is 9.90 Å². The molecule has 3 aromatic heterocycles. The highest BCUT2D eigenvalue weighted by atomic mass is 35.5. The Labute approximate surface area is 353 Å². The van der Waals surface area contributed by atoms with Crippen LogP contribution in [0.4, 0.5) is 5.69 Å². The van der Waals surface area contributed by atoms with Crippen molar-refractivity contribution in [3.8, 4) is 22.6 Å². The molecule has 1 saturated heterocycles. The van der Waals surface area contributed by atoms with E-state index in [1.165, 1.54) is 0 Å². The van der Waals surface area contributed by atoms with Crippen molar-refractivity contribution in [3.05, 3.63) is 92.0 Å². The van der Waals surface area contributed by atoms with Crippen LogP contribution in [0.2, 0.25) is 10.0 Å². The van der Waals surface area contributed by atoms with Gasteiger partial charge in [-0.05, 0) is 94.5 Å². The van der Waals surface area contributed by atoms with Gasteiger partial charge in [0.1, 0.15) is 29.5 Å². The second kappa shape index (κ2) is 16.2. The first-order valence-electron chi connectivity index (χ1n) is 20.1. The minimum absolute atomic E-state index is 0.117. The molecule has 0 unspecified atom stereocenters. The molecule has 1 N–H and O–H groups in total. The zero-order valence-corrected chi connectivity index (χ0v) is 36.1. The molecule has 0 spiro atoms. The van der Waals surface area contributed by atoms with Crippen LogP contribution in [-0.4, -0.2) is 93.4 Å². The fraction of sp³-hybridized carbons (Fsp3) is 0.400. The Hall–Kier alpha value is -5.01. The number of carboxylic acid groups (broad SMARTS) is 1. The fourth-order valence-electron chi connectivity index (χ4n) is 9.00. The molecular weight excluding hydrogens is 791 g/mol. The molecule has 2 aliphatic heterocycles. The molecule has 0 saturated carbocycles. The van der Waals surface area contributed by atoms with Crippen molar-refractivity contribution >= 4 is 62.6 Å². The van der Waals surface area contributed by atoms with Crippen LogP contribution < -0.4 is 14.4 Å². The first-order valence-corrected chi connectivity index (χ1v) is 20.9. The standard InChI is InChI=1S/C45H50Cl2N6O6/c1-25-19-31(20-26(2)40(25)47)58-15-8-9-33-34-10-11-35(46)39(38-28(4)48-50(7)29(38)5)42(34)53-27(3)24-52(44(54)43(33)53)36-23-32(59-18-14-51-12-16-57-17-13-51)21-30-22-37(45(55)56)49(6)41(30)36/h10-11,19-23,27H,8-9,12-18,24H2,1-7H3,(H,55,56)/t27-/m1/s1. The zero-order valence-electron chi connectivity index (χ0n) is 34.6. The molecule has 1 atom stereocenters. The van der Waals surface area contributed by atoms with Gasteiger partial charge in [0.25, 0.3) is 5.91 Å². The number of morpholine rings is 1. The highest BCUT2D eigenvalue weighted by Gasteiger charge is 2.38. The lowest BCUT2D eigenvalue weighted by Crippen LogP contribution is -2.43. The van der Waals surface area contributed by atoms with E-state index < -0.39 is 5.97 Å². The molecule has 59 heavy (non-hydrogen) atoms. The number of ether oxygens (including phenoxy) is 3. The number of aromatic carboxylic acids is 1. The predicted molar refractivity (Wildman–Crippen MR) is 232 cm³/mol. The monoisotopic (exact) mass is 840 g/mol. The summed E-state index contributed by atoms with van der Waals surface area (Å²) in [6, 6.07) is 13.0. The first-order chi connectivity index (χ1) is 28.2. The number of carboxylic acids is 1. The number of rotatable bonds is 12. The number of anilines is 1. The molecule has 6 aromatic rings. The number of carbonyl (C=O) groups is 2. The molecule has 14 heteroatoms. The second-order valence-electron chi connectivity index (χ2n) is 15.8. The number of fused-ring (bicyclic) bond motifs is 4. The van der Waals surface area contributed by atoms with Crippen LogP contribution in [0.5, 0.6) is 11.5 Å². The molecule has 2 aliphatic rings. The van der Waals surface area contributed by atoms with Gasteiger partial charge >= 0.3 is 5.97 Å². The third-order valence-corrected chi connectivity index (χ3v) is 12.8. The number of nitrogens with zero attached hydrogens (tertiary/aromatic N) is 6. The van der Waals surface area contributed by atoms with E-state index in [4.69, 9.17) is 42.5 Å². The fourth-order valence-corrected chi connectivity index (χ4v) is 9.36. The average Bonchev–Trinajstić information content (AvgIpc) is 3.81. The summed E-state index contributed by atoms with van der Waals surface area (Å²) in [5, 5.41) is 17.8. The van der Waals surface area contributed by atoms with Crippen LogP contribution in [0.3, 0.4) is 0 Å². The predicted octanol–water partition coefficient (Wildman–Crippen LogP) is 8.72. The Kier molecular flexibility index (Phi) is 11.2. The maximum absolute atomic E-state index is 15.4. The van der Waals surface area contributed by atoms with Crippen LogP contribution in [0.15, 0.2) is 42.5 Å². The summed E-state index contributed by atoms with van der Waals surface area (Å²) in [4.78, 5) is 32.0. The third kappa shape index (κ3) is 7.34. The van der Waals surface area contributed by atoms with Crippen LogP contribution >= 0.6 is 23.2 Å². The molecule has 310 valence electrons. The van der Waals surface area contributed by atoms with Crippen LogP contribution in [0.25, 0.3) is 32.9 Å². The third-order valence-electron chi connectivity index (χ3n) is 11.9. The van der Waals surface area contributed by atoms with E-state index in [0.29, 0.717) is 78.9 Å². The van der Waals surface area contributed by atoms with Gasteiger partial charge in [0, 0.05) is 85.0 Å². The minimum Gasteiger partial charge on any atom is -0.494 e. The molecule has 8 rings (SSSR count). The lowest BCUT2D eigenvalue weighted by atomic mass is 9.98. The van der Waals surface area contributed by atoms with Crippen molar-refractivity contribution in [3.63, 3.8) is 0 Å². The average molecular weight is 842 g/mol. The lowest BCUT2D eigenvalue weighted by Gasteiger charge is -2.35. The summed E-state index contributed by atoms with van der Waals surface area (Å²) < 4.78 is 23.8. The van der Waals surface area contributed by atoms with E-state index in [-0.39, 0.29) is 17.6 Å². The second-order valence-corrected chi connectivity index (χ2v) is 16.6. The summed E-state index contributed by atoms with van der Waals surface area (Å²) in [7, 11) is 3.65. The molecule has 1 amide bonds. The maximum Gasteiger partial charge on any atom is 0.352 e. The number of hydrogen-bond acceptors (Lipinski definition) is 7. The van der Waals surface area contributed by atoms with Gasteiger partial charge in [0.15, 0.2) is 0 Å². The van der Waals surface area contributed by atoms with E-state index in [0.717, 1.165) is 80.5 Å². The number of aryl methyl sites for hydroxylation is 6. The van der Waals surface area contributed by atoms with Gasteiger partial charge in [0.2, 0.25) is 0 Å². The molecule has 3 aromatic carbocycles. The Morgan fingerprint density at radius 1 is 0.932 bits per heavy atom. The molecule has 0 aliphatic carbocycles. The molecular formula is C45H50Cl2N6O6. The van der Waals surface area contributed by atoms with Gasteiger partial charge in [-0.3, -0.25) is 14.4 Å². The van der Waals surface area contributed by atoms with Gasteiger partial charge in [-0.15, -0.1) is 0 Å². The smallest absolute Gasteiger partial charge is 0.352 e. The SMILES string of the molecule is Cc1cc(OCCCc2c3n(c4c(-c5c(C)nn(C)c5C)c(Cl)ccc24)[C@H](C)CN(c2cc(OCCN4CCOCC4)cc4cc(C(=O)O)n(C)c24)C3=O)cc(C)c1Cl. The molecule has 5 heterocycles. The van der Waals surface area contributed by atoms with Crippen LogP contribution in [-0.2, 0) is 25.3 Å². The van der Waals surface area contributed by atoms with E-state index >= 15 is 4.79 Å². The van der Waals surface area contributed by atoms with Crippen molar-refractivity contribution in [2.24, 2.45) is 14.1 Å². The summed E-state index contributed by atoms with van der Waals surface area (Å²) in [6.07, 6.45) is 1.18. The van der Waals surface area contributed by atoms with Crippen molar-refractivity contribution in [1.82, 2.24) is 23.8 Å². The summed E-state index contributed by atoms with van der Waals surface area (Å²) in [5.74, 6) is 0.0731. The van der Waals surface area contributed by atoms with Crippen molar-refractivity contribution in [1.29, 1.82) is 0 Å². The number of halogens is 2. The van der Waals surface area contributed by atoms with Crippen LogP contribution in [0.1, 0.15) is 68.4 Å². The van der Waals surface area contributed by atoms with Crippen LogP contribution in [0, 0.1) is 27.7 Å². The molecule has 12 nitrogen and oxygen atoms in total. The van der Waals surface area contributed by atoms with Gasteiger partial charge in [-0.25, -0.2) is 4.79 Å². The number of aromatic nitrogens is 4. The Bertz CT molecular complexity index is 2610. The number of hydrogen-bond donors (Lipinski definition) is 1. The number of benzene rings is 3. The molecule has 0 radical (unpaired) electrons. The zero-order chi connectivity index (χ0) is 41.9. The van der Waals surface area contributed by atoms with Crippen molar-refractivity contribution in [2.75, 3.05) is 57.5 Å². The topological polar surface area (TPSA) is 116 Å². The summed E-state index contributed by atoms with van der Waals surface area (Å²) in [6.45, 7) is 15.0. The van der Waals surface area contributed by atoms with E-state index in [1.807, 2.05) is 75.8 Å². The van der Waals surface area contributed by atoms with E-state index in [2.05, 4.69) is 16.4 Å². The van der Waals surface area contributed by atoms with Gasteiger partial charge in [-0.1, -0.05) is 29.3 Å². The maximum atomic E-state index is 15.4.